The number of halogens is 3. The van der Waals surface area contributed by atoms with Gasteiger partial charge in [0.25, 0.3) is 0 Å². The summed E-state index contributed by atoms with van der Waals surface area (Å²) >= 11 is 0. The average molecular weight is 274 g/mol. The fourth-order valence-corrected chi connectivity index (χ4v) is 1.32. The van der Waals surface area contributed by atoms with Crippen LogP contribution in [0.4, 0.5) is 18.9 Å². The molecule has 0 aromatic carbocycles. The smallest absolute Gasteiger partial charge is 0.433 e. The Morgan fingerprint density at radius 3 is 2.68 bits per heavy atom. The van der Waals surface area contributed by atoms with Crippen molar-refractivity contribution in [2.24, 2.45) is 0 Å². The van der Waals surface area contributed by atoms with Crippen molar-refractivity contribution in [1.29, 1.82) is 0 Å². The highest BCUT2D eigenvalue weighted by atomic mass is 19.4. The van der Waals surface area contributed by atoms with E-state index in [2.05, 4.69) is 9.72 Å². The fourth-order valence-electron chi connectivity index (χ4n) is 1.32. The van der Waals surface area contributed by atoms with Gasteiger partial charge in [-0.05, 0) is 31.6 Å². The molecule has 0 fully saturated rings. The van der Waals surface area contributed by atoms with E-state index in [-0.39, 0.29) is 23.6 Å². The molecule has 1 rings (SSSR count). The maximum Gasteiger partial charge on any atom is 0.433 e. The molecule has 104 valence electrons. The third-order valence-corrected chi connectivity index (χ3v) is 2.25. The van der Waals surface area contributed by atoms with Crippen molar-refractivity contribution in [2.75, 3.05) is 12.3 Å². The molecular weight excluding hydrogens is 261 g/mol. The normalized spacial score (nSPS) is 11.8. The van der Waals surface area contributed by atoms with Gasteiger partial charge < -0.3 is 10.5 Å². The molecule has 0 bridgehead atoms. The first-order valence-electron chi connectivity index (χ1n) is 5.44. The Kier molecular flexibility index (Phi) is 4.52. The number of pyridine rings is 1. The molecule has 0 aliphatic heterocycles. The summed E-state index contributed by atoms with van der Waals surface area (Å²) in [5, 5.41) is 0. The molecule has 0 unspecified atom stereocenters. The van der Waals surface area contributed by atoms with E-state index in [0.717, 1.165) is 18.2 Å². The zero-order valence-electron chi connectivity index (χ0n) is 10.4. The number of rotatable bonds is 3. The zero-order valence-corrected chi connectivity index (χ0v) is 10.4. The summed E-state index contributed by atoms with van der Waals surface area (Å²) in [4.78, 5) is 14.5. The van der Waals surface area contributed by atoms with Crippen LogP contribution in [-0.2, 0) is 15.7 Å². The Labute approximate surface area is 108 Å². The number of esters is 1. The average Bonchev–Trinajstić information content (AvgIpc) is 2.30. The molecule has 0 atom stereocenters. The van der Waals surface area contributed by atoms with Crippen LogP contribution in [0.2, 0.25) is 0 Å². The summed E-state index contributed by atoms with van der Waals surface area (Å²) in [7, 11) is 0. The molecule has 4 nitrogen and oxygen atoms in total. The van der Waals surface area contributed by atoms with Crippen molar-refractivity contribution in [2.45, 2.75) is 20.0 Å². The monoisotopic (exact) mass is 274 g/mol. The third-order valence-electron chi connectivity index (χ3n) is 2.25. The van der Waals surface area contributed by atoms with E-state index in [9.17, 15) is 18.0 Å². The molecule has 0 spiro atoms. The van der Waals surface area contributed by atoms with Gasteiger partial charge in [0.2, 0.25) is 0 Å². The van der Waals surface area contributed by atoms with E-state index < -0.39 is 17.8 Å². The number of carbonyl (C=O) groups excluding carboxylic acids is 1. The summed E-state index contributed by atoms with van der Waals surface area (Å²) in [6.07, 6.45) is -2.47. The summed E-state index contributed by atoms with van der Waals surface area (Å²) in [5.74, 6) is -0.668. The van der Waals surface area contributed by atoms with Crippen LogP contribution in [0.1, 0.15) is 23.9 Å². The van der Waals surface area contributed by atoms with E-state index in [1.807, 2.05) is 0 Å². The predicted octanol–water partition coefficient (Wildman–Crippen LogP) is 2.57. The molecule has 19 heavy (non-hydrogen) atoms. The Hall–Kier alpha value is -2.05. The summed E-state index contributed by atoms with van der Waals surface area (Å²) in [6.45, 7) is 3.23. The van der Waals surface area contributed by atoms with Crippen molar-refractivity contribution < 1.29 is 22.7 Å². The van der Waals surface area contributed by atoms with Crippen LogP contribution in [0, 0.1) is 6.92 Å². The number of aromatic nitrogens is 1. The standard InChI is InChI=1S/C12H13F3N2O2/c1-3-19-10(18)5-4-8-11(16)7(2)6-9(17-8)12(13,14)15/h4-6H,3,16H2,1-2H3. The van der Waals surface area contributed by atoms with Crippen molar-refractivity contribution in [3.63, 3.8) is 0 Å². The van der Waals surface area contributed by atoms with Gasteiger partial charge >= 0.3 is 12.1 Å². The number of nitrogens with two attached hydrogens (primary N) is 1. The molecule has 2 N–H and O–H groups in total. The van der Waals surface area contributed by atoms with Crippen molar-refractivity contribution in [3.8, 4) is 0 Å². The van der Waals surface area contributed by atoms with Gasteiger partial charge in [-0.3, -0.25) is 0 Å². The fraction of sp³-hybridized carbons (Fsp3) is 0.333. The van der Waals surface area contributed by atoms with Crippen LogP contribution in [0.25, 0.3) is 6.08 Å². The van der Waals surface area contributed by atoms with Crippen LogP contribution < -0.4 is 5.73 Å². The third kappa shape index (κ3) is 3.97. The van der Waals surface area contributed by atoms with Crippen LogP contribution in [0.5, 0.6) is 0 Å². The molecular formula is C12H13F3N2O2. The van der Waals surface area contributed by atoms with Crippen molar-refractivity contribution >= 4 is 17.7 Å². The lowest BCUT2D eigenvalue weighted by atomic mass is 10.1. The van der Waals surface area contributed by atoms with E-state index in [1.165, 1.54) is 6.92 Å². The largest absolute Gasteiger partial charge is 0.463 e. The van der Waals surface area contributed by atoms with Gasteiger partial charge in [-0.2, -0.15) is 13.2 Å². The van der Waals surface area contributed by atoms with Gasteiger partial charge in [-0.15, -0.1) is 0 Å². The van der Waals surface area contributed by atoms with Crippen LogP contribution in [0.3, 0.4) is 0 Å². The number of anilines is 1. The highest BCUT2D eigenvalue weighted by Crippen LogP contribution is 2.30. The summed E-state index contributed by atoms with van der Waals surface area (Å²) in [6, 6.07) is 0.858. The predicted molar refractivity (Wildman–Crippen MR) is 64.1 cm³/mol. The van der Waals surface area contributed by atoms with Gasteiger partial charge in [0.15, 0.2) is 0 Å². The van der Waals surface area contributed by atoms with Gasteiger partial charge in [-0.1, -0.05) is 0 Å². The van der Waals surface area contributed by atoms with Crippen molar-refractivity contribution in [1.82, 2.24) is 4.98 Å². The minimum absolute atomic E-state index is 0.0912. The van der Waals surface area contributed by atoms with E-state index in [4.69, 9.17) is 5.73 Å². The van der Waals surface area contributed by atoms with E-state index >= 15 is 0 Å². The Morgan fingerprint density at radius 1 is 1.53 bits per heavy atom. The molecule has 0 saturated heterocycles. The molecule has 0 aliphatic rings. The molecule has 7 heteroatoms. The van der Waals surface area contributed by atoms with Crippen LogP contribution >= 0.6 is 0 Å². The highest BCUT2D eigenvalue weighted by molar-refractivity contribution is 5.87. The first kappa shape index (κ1) is 15.0. The van der Waals surface area contributed by atoms with Crippen molar-refractivity contribution in [3.05, 3.63) is 29.1 Å². The number of nitrogens with zero attached hydrogens (tertiary/aromatic N) is 1. The molecule has 0 radical (unpaired) electrons. The number of ether oxygens (including phenoxy) is 1. The Bertz CT molecular complexity index is 510. The Balaban J connectivity index is 3.13. The van der Waals surface area contributed by atoms with Gasteiger partial charge in [0, 0.05) is 6.08 Å². The molecule has 0 amide bonds. The highest BCUT2D eigenvalue weighted by Gasteiger charge is 2.33. The number of carbonyl (C=O) groups is 1. The van der Waals surface area contributed by atoms with Gasteiger partial charge in [0.1, 0.15) is 5.69 Å². The second-order valence-electron chi connectivity index (χ2n) is 3.71. The molecule has 0 saturated carbocycles. The second kappa shape index (κ2) is 5.73. The van der Waals surface area contributed by atoms with Gasteiger partial charge in [-0.25, -0.2) is 9.78 Å². The second-order valence-corrected chi connectivity index (χ2v) is 3.71. The molecule has 0 aliphatic carbocycles. The number of aryl methyl sites for hydroxylation is 1. The summed E-state index contributed by atoms with van der Waals surface area (Å²) < 4.78 is 42.4. The lowest BCUT2D eigenvalue weighted by molar-refractivity contribution is -0.141. The molecule has 1 aromatic rings. The topological polar surface area (TPSA) is 65.2 Å². The SMILES string of the molecule is CCOC(=O)C=Cc1nc(C(F)(F)F)cc(C)c1N. The quantitative estimate of drug-likeness (QED) is 0.679. The number of hydrogen-bond donors (Lipinski definition) is 1. The number of alkyl halides is 3. The lowest BCUT2D eigenvalue weighted by Gasteiger charge is -2.10. The lowest BCUT2D eigenvalue weighted by Crippen LogP contribution is -2.11. The maximum absolute atomic E-state index is 12.6. The first-order chi connectivity index (χ1) is 8.75. The minimum Gasteiger partial charge on any atom is -0.463 e. The first-order valence-corrected chi connectivity index (χ1v) is 5.44. The Morgan fingerprint density at radius 2 is 2.16 bits per heavy atom. The number of nitrogen functional groups attached to an aromatic ring is 1. The molecule has 1 heterocycles. The van der Waals surface area contributed by atoms with Crippen LogP contribution in [0.15, 0.2) is 12.1 Å². The summed E-state index contributed by atoms with van der Waals surface area (Å²) in [5.41, 5.74) is 4.79. The minimum atomic E-state index is -4.56. The van der Waals surface area contributed by atoms with Crippen LogP contribution in [-0.4, -0.2) is 17.6 Å². The van der Waals surface area contributed by atoms with E-state index in [0.29, 0.717) is 0 Å². The van der Waals surface area contributed by atoms with Gasteiger partial charge in [0.05, 0.1) is 18.0 Å². The van der Waals surface area contributed by atoms with E-state index in [1.54, 1.807) is 6.92 Å². The zero-order chi connectivity index (χ0) is 14.6. The molecule has 1 aromatic heterocycles. The maximum atomic E-state index is 12.6. The number of hydrogen-bond acceptors (Lipinski definition) is 4.